The van der Waals surface area contributed by atoms with Crippen molar-refractivity contribution in [2.75, 3.05) is 16.6 Å². The minimum atomic E-state index is -3.56. The first-order valence-corrected chi connectivity index (χ1v) is 7.87. The molecule has 0 saturated heterocycles. The quantitative estimate of drug-likeness (QED) is 0.858. The van der Waals surface area contributed by atoms with Gasteiger partial charge in [-0.25, -0.2) is 8.42 Å². The lowest BCUT2D eigenvalue weighted by atomic mass is 10.3. The predicted octanol–water partition coefficient (Wildman–Crippen LogP) is 2.70. The van der Waals surface area contributed by atoms with E-state index in [1.54, 1.807) is 36.4 Å². The summed E-state index contributed by atoms with van der Waals surface area (Å²) in [5, 5.41) is 3.20. The molecule has 0 aliphatic heterocycles. The molecule has 0 saturated carbocycles. The number of aromatic nitrogens is 1. The first kappa shape index (κ1) is 14.3. The maximum absolute atomic E-state index is 12.2. The van der Waals surface area contributed by atoms with Gasteiger partial charge in [0.1, 0.15) is 0 Å². The van der Waals surface area contributed by atoms with E-state index in [9.17, 15) is 8.42 Å². The van der Waals surface area contributed by atoms with Crippen LogP contribution in [-0.4, -0.2) is 19.9 Å². The van der Waals surface area contributed by atoms with Crippen LogP contribution in [0.15, 0.2) is 53.7 Å². The Morgan fingerprint density at radius 1 is 1.00 bits per heavy atom. The van der Waals surface area contributed by atoms with Crippen molar-refractivity contribution in [3.8, 4) is 0 Å². The highest BCUT2D eigenvalue weighted by Gasteiger charge is 2.13. The SMILES string of the molecule is CCCNc1ccc(S(=O)(=O)Nc2ccncc2)cc1. The van der Waals surface area contributed by atoms with Gasteiger partial charge in [-0.3, -0.25) is 9.71 Å². The van der Waals surface area contributed by atoms with Crippen molar-refractivity contribution in [3.05, 3.63) is 48.8 Å². The van der Waals surface area contributed by atoms with E-state index in [0.29, 0.717) is 5.69 Å². The van der Waals surface area contributed by atoms with Crippen molar-refractivity contribution in [1.29, 1.82) is 0 Å². The van der Waals surface area contributed by atoms with Crippen molar-refractivity contribution in [2.24, 2.45) is 0 Å². The molecule has 1 heterocycles. The van der Waals surface area contributed by atoms with E-state index < -0.39 is 10.0 Å². The summed E-state index contributed by atoms with van der Waals surface area (Å²) in [7, 11) is -3.56. The largest absolute Gasteiger partial charge is 0.385 e. The topological polar surface area (TPSA) is 71.1 Å². The zero-order valence-corrected chi connectivity index (χ0v) is 12.0. The Bertz CT molecular complexity index is 640. The molecule has 0 fully saturated rings. The number of nitrogens with one attached hydrogen (secondary N) is 2. The van der Waals surface area contributed by atoms with E-state index >= 15 is 0 Å². The number of hydrogen-bond donors (Lipinski definition) is 2. The number of hydrogen-bond acceptors (Lipinski definition) is 4. The minimum Gasteiger partial charge on any atom is -0.385 e. The smallest absolute Gasteiger partial charge is 0.261 e. The molecule has 2 rings (SSSR count). The van der Waals surface area contributed by atoms with Gasteiger partial charge in [-0.05, 0) is 42.8 Å². The van der Waals surface area contributed by atoms with Crippen molar-refractivity contribution in [2.45, 2.75) is 18.2 Å². The second-order valence-electron chi connectivity index (χ2n) is 4.29. The summed E-state index contributed by atoms with van der Waals surface area (Å²) >= 11 is 0. The van der Waals surface area contributed by atoms with Crippen molar-refractivity contribution in [3.63, 3.8) is 0 Å². The first-order chi connectivity index (χ1) is 9.62. The lowest BCUT2D eigenvalue weighted by Gasteiger charge is -2.09. The Labute approximate surface area is 119 Å². The van der Waals surface area contributed by atoms with Gasteiger partial charge in [-0.15, -0.1) is 0 Å². The molecule has 0 spiro atoms. The van der Waals surface area contributed by atoms with Crippen molar-refractivity contribution < 1.29 is 8.42 Å². The number of pyridine rings is 1. The molecular weight excluding hydrogens is 274 g/mol. The van der Waals surface area contributed by atoms with Crippen molar-refractivity contribution in [1.82, 2.24) is 4.98 Å². The summed E-state index contributed by atoms with van der Waals surface area (Å²) in [5.41, 5.74) is 1.41. The Morgan fingerprint density at radius 3 is 2.25 bits per heavy atom. The van der Waals surface area contributed by atoms with Gasteiger partial charge in [0, 0.05) is 24.6 Å². The molecule has 1 aromatic heterocycles. The van der Waals surface area contributed by atoms with Crippen molar-refractivity contribution >= 4 is 21.4 Å². The van der Waals surface area contributed by atoms with Crippen LogP contribution in [0.1, 0.15) is 13.3 Å². The third-order valence-corrected chi connectivity index (χ3v) is 4.07. The van der Waals surface area contributed by atoms with Crippen LogP contribution in [-0.2, 0) is 10.0 Å². The highest BCUT2D eigenvalue weighted by Crippen LogP contribution is 2.17. The van der Waals surface area contributed by atoms with Crippen LogP contribution in [0.3, 0.4) is 0 Å². The van der Waals surface area contributed by atoms with Crippen LogP contribution in [0.5, 0.6) is 0 Å². The molecule has 5 nitrogen and oxygen atoms in total. The fourth-order valence-electron chi connectivity index (χ4n) is 1.66. The fraction of sp³-hybridized carbons (Fsp3) is 0.214. The molecule has 106 valence electrons. The Kier molecular flexibility index (Phi) is 4.57. The van der Waals surface area contributed by atoms with Crippen LogP contribution < -0.4 is 10.0 Å². The van der Waals surface area contributed by atoms with Gasteiger partial charge in [-0.2, -0.15) is 0 Å². The summed E-state index contributed by atoms with van der Waals surface area (Å²) < 4.78 is 26.9. The van der Waals surface area contributed by atoms with Gasteiger partial charge in [0.15, 0.2) is 0 Å². The van der Waals surface area contributed by atoms with Crippen LogP contribution >= 0.6 is 0 Å². The molecule has 2 aromatic rings. The van der Waals surface area contributed by atoms with Gasteiger partial charge in [0.25, 0.3) is 10.0 Å². The Balaban J connectivity index is 2.13. The number of nitrogens with zero attached hydrogens (tertiary/aromatic N) is 1. The van der Waals surface area contributed by atoms with E-state index in [4.69, 9.17) is 0 Å². The molecule has 0 aliphatic carbocycles. The predicted molar refractivity (Wildman–Crippen MR) is 80.3 cm³/mol. The molecule has 0 amide bonds. The molecule has 0 aliphatic rings. The van der Waals surface area contributed by atoms with Crippen LogP contribution in [0, 0.1) is 0 Å². The highest BCUT2D eigenvalue weighted by atomic mass is 32.2. The second kappa shape index (κ2) is 6.38. The van der Waals surface area contributed by atoms with Crippen LogP contribution in [0.4, 0.5) is 11.4 Å². The third kappa shape index (κ3) is 3.71. The first-order valence-electron chi connectivity index (χ1n) is 6.38. The summed E-state index contributed by atoms with van der Waals surface area (Å²) in [6.45, 7) is 2.94. The molecular formula is C14H17N3O2S. The monoisotopic (exact) mass is 291 g/mol. The molecule has 1 aromatic carbocycles. The summed E-state index contributed by atoms with van der Waals surface area (Å²) in [4.78, 5) is 4.08. The maximum Gasteiger partial charge on any atom is 0.261 e. The van der Waals surface area contributed by atoms with Gasteiger partial charge in [0.05, 0.1) is 10.6 Å². The van der Waals surface area contributed by atoms with Crippen LogP contribution in [0.2, 0.25) is 0 Å². The molecule has 0 unspecified atom stereocenters. The molecule has 0 atom stereocenters. The maximum atomic E-state index is 12.2. The molecule has 0 bridgehead atoms. The fourth-order valence-corrected chi connectivity index (χ4v) is 2.71. The average molecular weight is 291 g/mol. The zero-order chi connectivity index (χ0) is 14.4. The molecule has 6 heteroatoms. The molecule has 0 radical (unpaired) electrons. The lowest BCUT2D eigenvalue weighted by Crippen LogP contribution is -2.13. The third-order valence-electron chi connectivity index (χ3n) is 2.68. The van der Waals surface area contributed by atoms with Gasteiger partial charge in [-0.1, -0.05) is 6.92 Å². The Morgan fingerprint density at radius 2 is 1.65 bits per heavy atom. The lowest BCUT2D eigenvalue weighted by molar-refractivity contribution is 0.601. The van der Waals surface area contributed by atoms with Gasteiger partial charge < -0.3 is 5.32 Å². The number of anilines is 2. The van der Waals surface area contributed by atoms with Gasteiger partial charge in [0.2, 0.25) is 0 Å². The number of benzene rings is 1. The van der Waals surface area contributed by atoms with Crippen LogP contribution in [0.25, 0.3) is 0 Å². The highest BCUT2D eigenvalue weighted by molar-refractivity contribution is 7.92. The van der Waals surface area contributed by atoms with E-state index in [2.05, 4.69) is 21.9 Å². The standard InChI is InChI=1S/C14H17N3O2S/c1-2-9-16-12-3-5-14(6-4-12)20(18,19)17-13-7-10-15-11-8-13/h3-8,10-11,16H,2,9H2,1H3,(H,15,17). The van der Waals surface area contributed by atoms with E-state index in [1.807, 2.05) is 0 Å². The zero-order valence-electron chi connectivity index (χ0n) is 11.2. The second-order valence-corrected chi connectivity index (χ2v) is 5.97. The minimum absolute atomic E-state index is 0.233. The van der Waals surface area contributed by atoms with E-state index in [-0.39, 0.29) is 4.90 Å². The summed E-state index contributed by atoms with van der Waals surface area (Å²) in [5.74, 6) is 0. The summed E-state index contributed by atoms with van der Waals surface area (Å²) in [6.07, 6.45) is 4.09. The number of sulfonamides is 1. The Hall–Kier alpha value is -2.08. The van der Waals surface area contributed by atoms with E-state index in [0.717, 1.165) is 18.7 Å². The molecule has 20 heavy (non-hydrogen) atoms. The molecule has 2 N–H and O–H groups in total. The normalized spacial score (nSPS) is 11.1. The average Bonchev–Trinajstić information content (AvgIpc) is 2.46. The summed E-state index contributed by atoms with van der Waals surface area (Å²) in [6, 6.07) is 9.90. The van der Waals surface area contributed by atoms with E-state index in [1.165, 1.54) is 12.4 Å². The number of rotatable bonds is 6. The van der Waals surface area contributed by atoms with Gasteiger partial charge >= 0.3 is 0 Å².